The fraction of sp³-hybridized carbons (Fsp3) is 0.333. The molecule has 1 rings (SSSR count). The van der Waals surface area contributed by atoms with Gasteiger partial charge in [-0.05, 0) is 0 Å². The molecule has 0 atom stereocenters. The summed E-state index contributed by atoms with van der Waals surface area (Å²) in [5.74, 6) is -0.618. The molecule has 0 radical (unpaired) electrons. The molecule has 0 spiro atoms. The van der Waals surface area contributed by atoms with E-state index in [9.17, 15) is 23.3 Å². The first-order chi connectivity index (χ1) is 8.27. The first-order valence-electron chi connectivity index (χ1n) is 4.54. The number of halogens is 3. The van der Waals surface area contributed by atoms with E-state index in [1.807, 2.05) is 0 Å². The van der Waals surface area contributed by atoms with Crippen molar-refractivity contribution in [2.45, 2.75) is 6.18 Å². The van der Waals surface area contributed by atoms with E-state index in [4.69, 9.17) is 5.73 Å². The second-order valence-corrected chi connectivity index (χ2v) is 3.21. The van der Waals surface area contributed by atoms with Gasteiger partial charge in [-0.15, -0.1) is 0 Å². The molecule has 1 aromatic rings. The number of benzene rings is 1. The maximum absolute atomic E-state index is 12.7. The molecule has 0 aliphatic rings. The molecule has 0 amide bonds. The van der Waals surface area contributed by atoms with Gasteiger partial charge < -0.3 is 15.2 Å². The fourth-order valence-corrected chi connectivity index (χ4v) is 1.21. The molecule has 6 nitrogen and oxygen atoms in total. The Kier molecular flexibility index (Phi) is 3.96. The molecule has 0 aliphatic carbocycles. The van der Waals surface area contributed by atoms with Gasteiger partial charge in [0.15, 0.2) is 6.79 Å². The van der Waals surface area contributed by atoms with Crippen molar-refractivity contribution >= 4 is 11.4 Å². The van der Waals surface area contributed by atoms with Gasteiger partial charge in [0.1, 0.15) is 17.0 Å². The van der Waals surface area contributed by atoms with E-state index in [0.717, 1.165) is 6.07 Å². The predicted octanol–water partition coefficient (Wildman–Crippen LogP) is 2.18. The molecular formula is C9H9F3N2O4. The Bertz CT molecular complexity index is 462. The number of nitrogen functional groups attached to an aromatic ring is 1. The van der Waals surface area contributed by atoms with E-state index in [1.54, 1.807) is 0 Å². The normalized spacial score (nSPS) is 11.3. The Morgan fingerprint density at radius 2 is 2.06 bits per heavy atom. The number of nitro benzene ring substituents is 1. The number of hydrogen-bond acceptors (Lipinski definition) is 5. The number of ether oxygens (including phenoxy) is 2. The molecule has 2 N–H and O–H groups in total. The van der Waals surface area contributed by atoms with Crippen LogP contribution in [0, 0.1) is 10.1 Å². The van der Waals surface area contributed by atoms with Crippen LogP contribution in [0.25, 0.3) is 0 Å². The molecule has 0 bridgehead atoms. The van der Waals surface area contributed by atoms with Crippen molar-refractivity contribution in [3.63, 3.8) is 0 Å². The van der Waals surface area contributed by atoms with Crippen LogP contribution >= 0.6 is 0 Å². The van der Waals surface area contributed by atoms with E-state index < -0.39 is 40.6 Å². The van der Waals surface area contributed by atoms with Crippen molar-refractivity contribution in [1.82, 2.24) is 0 Å². The SMILES string of the molecule is COCOc1cc(N)c([N+](=O)[O-])cc1C(F)(F)F. The third kappa shape index (κ3) is 3.00. The number of alkyl halides is 3. The van der Waals surface area contributed by atoms with Crippen LogP contribution in [0.1, 0.15) is 5.56 Å². The average molecular weight is 266 g/mol. The molecule has 0 heterocycles. The highest BCUT2D eigenvalue weighted by Crippen LogP contribution is 2.40. The van der Waals surface area contributed by atoms with E-state index in [2.05, 4.69) is 9.47 Å². The smallest absolute Gasteiger partial charge is 0.420 e. The van der Waals surface area contributed by atoms with Gasteiger partial charge in [0, 0.05) is 19.2 Å². The lowest BCUT2D eigenvalue weighted by Gasteiger charge is -2.14. The highest BCUT2D eigenvalue weighted by atomic mass is 19.4. The zero-order chi connectivity index (χ0) is 13.9. The monoisotopic (exact) mass is 266 g/mol. The number of methoxy groups -OCH3 is 1. The molecular weight excluding hydrogens is 257 g/mol. The highest BCUT2D eigenvalue weighted by molar-refractivity contribution is 5.64. The van der Waals surface area contributed by atoms with Crippen LogP contribution in [0.5, 0.6) is 5.75 Å². The summed E-state index contributed by atoms with van der Waals surface area (Å²) >= 11 is 0. The van der Waals surface area contributed by atoms with E-state index in [0.29, 0.717) is 6.07 Å². The third-order valence-corrected chi connectivity index (χ3v) is 1.96. The highest BCUT2D eigenvalue weighted by Gasteiger charge is 2.37. The first kappa shape index (κ1) is 14.0. The van der Waals surface area contributed by atoms with Gasteiger partial charge >= 0.3 is 6.18 Å². The van der Waals surface area contributed by atoms with Crippen LogP contribution in [0.15, 0.2) is 12.1 Å². The lowest BCUT2D eigenvalue weighted by atomic mass is 10.1. The van der Waals surface area contributed by atoms with Crippen molar-refractivity contribution in [2.75, 3.05) is 19.6 Å². The van der Waals surface area contributed by atoms with Crippen molar-refractivity contribution < 1.29 is 27.6 Å². The van der Waals surface area contributed by atoms with Crippen molar-refractivity contribution in [3.8, 4) is 5.75 Å². The van der Waals surface area contributed by atoms with Gasteiger partial charge in [-0.3, -0.25) is 10.1 Å². The molecule has 1 aromatic carbocycles. The number of anilines is 1. The number of nitrogens with zero attached hydrogens (tertiary/aromatic N) is 1. The first-order valence-corrected chi connectivity index (χ1v) is 4.54. The Hall–Kier alpha value is -2.03. The summed E-state index contributed by atoms with van der Waals surface area (Å²) in [6.45, 7) is -0.430. The van der Waals surface area contributed by atoms with Gasteiger partial charge in [-0.2, -0.15) is 13.2 Å². The largest absolute Gasteiger partial charge is 0.467 e. The Morgan fingerprint density at radius 1 is 1.44 bits per heavy atom. The van der Waals surface area contributed by atoms with Crippen molar-refractivity contribution in [3.05, 3.63) is 27.8 Å². The van der Waals surface area contributed by atoms with Crippen LogP contribution in [-0.2, 0) is 10.9 Å². The van der Waals surface area contributed by atoms with Gasteiger partial charge in [0.25, 0.3) is 5.69 Å². The summed E-state index contributed by atoms with van der Waals surface area (Å²) in [6.07, 6.45) is -4.79. The second kappa shape index (κ2) is 5.08. The quantitative estimate of drug-likeness (QED) is 0.390. The number of nitrogens with two attached hydrogens (primary N) is 1. The minimum Gasteiger partial charge on any atom is -0.467 e. The van der Waals surface area contributed by atoms with Crippen LogP contribution in [-0.4, -0.2) is 18.8 Å². The Morgan fingerprint density at radius 3 is 2.50 bits per heavy atom. The van der Waals surface area contributed by atoms with Gasteiger partial charge in [-0.1, -0.05) is 0 Å². The molecule has 0 aromatic heterocycles. The summed E-state index contributed by atoms with van der Waals surface area (Å²) in [5, 5.41) is 10.5. The van der Waals surface area contributed by atoms with E-state index >= 15 is 0 Å². The molecule has 100 valence electrons. The zero-order valence-electron chi connectivity index (χ0n) is 9.15. The van der Waals surface area contributed by atoms with Crippen LogP contribution < -0.4 is 10.5 Å². The Labute approximate surface area is 99.2 Å². The summed E-state index contributed by atoms with van der Waals surface area (Å²) in [6, 6.07) is 1.08. The van der Waals surface area contributed by atoms with Crippen molar-refractivity contribution in [2.24, 2.45) is 0 Å². The molecule has 18 heavy (non-hydrogen) atoms. The Balaban J connectivity index is 3.33. The minimum atomic E-state index is -4.79. The molecule has 0 saturated heterocycles. The van der Waals surface area contributed by atoms with Crippen LogP contribution in [0.4, 0.5) is 24.5 Å². The summed E-state index contributed by atoms with van der Waals surface area (Å²) in [7, 11) is 1.22. The van der Waals surface area contributed by atoms with E-state index in [1.165, 1.54) is 7.11 Å². The van der Waals surface area contributed by atoms with Crippen LogP contribution in [0.3, 0.4) is 0 Å². The predicted molar refractivity (Wildman–Crippen MR) is 55.0 cm³/mol. The lowest BCUT2D eigenvalue weighted by Crippen LogP contribution is -2.11. The maximum atomic E-state index is 12.7. The molecule has 0 aliphatic heterocycles. The van der Waals surface area contributed by atoms with Crippen molar-refractivity contribution in [1.29, 1.82) is 0 Å². The number of hydrogen-bond donors (Lipinski definition) is 1. The molecule has 0 unspecified atom stereocenters. The zero-order valence-corrected chi connectivity index (χ0v) is 9.15. The fourth-order valence-electron chi connectivity index (χ4n) is 1.21. The van der Waals surface area contributed by atoms with E-state index in [-0.39, 0.29) is 0 Å². The second-order valence-electron chi connectivity index (χ2n) is 3.21. The van der Waals surface area contributed by atoms with Gasteiger partial charge in [-0.25, -0.2) is 0 Å². The third-order valence-electron chi connectivity index (χ3n) is 1.96. The summed E-state index contributed by atoms with van der Waals surface area (Å²) in [4.78, 5) is 9.52. The van der Waals surface area contributed by atoms with Gasteiger partial charge in [0.05, 0.1) is 4.92 Å². The molecule has 9 heteroatoms. The van der Waals surface area contributed by atoms with Gasteiger partial charge in [0.2, 0.25) is 0 Å². The number of nitro groups is 1. The molecule has 0 saturated carbocycles. The topological polar surface area (TPSA) is 87.6 Å². The maximum Gasteiger partial charge on any atom is 0.420 e. The summed E-state index contributed by atoms with van der Waals surface area (Å²) in [5.41, 5.74) is 2.75. The number of rotatable bonds is 4. The minimum absolute atomic E-state index is 0.334. The molecule has 0 fully saturated rings. The standard InChI is InChI=1S/C9H9F3N2O4/c1-17-4-18-8-3-6(13)7(14(15)16)2-5(8)9(10,11)12/h2-3H,4,13H2,1H3. The lowest BCUT2D eigenvalue weighted by molar-refractivity contribution is -0.384. The average Bonchev–Trinajstić information content (AvgIpc) is 2.23. The summed E-state index contributed by atoms with van der Waals surface area (Å²) < 4.78 is 47.1. The van der Waals surface area contributed by atoms with Crippen LogP contribution in [0.2, 0.25) is 0 Å².